The number of anilines is 1. The number of piperazine rings is 1. The summed E-state index contributed by atoms with van der Waals surface area (Å²) in [6, 6.07) is 13.3. The molecule has 140 valence electrons. The maximum atomic E-state index is 12.2. The quantitative estimate of drug-likeness (QED) is 0.673. The van der Waals surface area contributed by atoms with E-state index < -0.39 is 0 Å². The minimum Gasteiger partial charge on any atom is -0.353 e. The van der Waals surface area contributed by atoms with Gasteiger partial charge in [-0.05, 0) is 18.6 Å². The molecule has 27 heavy (non-hydrogen) atoms. The Balaban J connectivity index is 1.41. The average molecular weight is 366 g/mol. The molecule has 2 aromatic heterocycles. The Morgan fingerprint density at radius 3 is 2.48 bits per heavy atom. The lowest BCUT2D eigenvalue weighted by molar-refractivity contribution is 0.214. The molecular weight excluding hydrogens is 344 g/mol. The Morgan fingerprint density at radius 2 is 1.78 bits per heavy atom. The first-order valence-corrected chi connectivity index (χ1v) is 9.06. The fraction of sp³-hybridized carbons (Fsp3) is 0.368. The zero-order chi connectivity index (χ0) is 18.6. The molecule has 8 heteroatoms. The van der Waals surface area contributed by atoms with Crippen LogP contribution in [0.2, 0.25) is 0 Å². The molecule has 3 aromatic rings. The monoisotopic (exact) mass is 366 g/mol. The van der Waals surface area contributed by atoms with E-state index in [1.165, 1.54) is 4.68 Å². The molecule has 3 heterocycles. The van der Waals surface area contributed by atoms with Gasteiger partial charge in [-0.2, -0.15) is 10.1 Å². The molecule has 0 amide bonds. The van der Waals surface area contributed by atoms with Crippen LogP contribution in [0.5, 0.6) is 0 Å². The van der Waals surface area contributed by atoms with Crippen molar-refractivity contribution in [1.29, 1.82) is 0 Å². The van der Waals surface area contributed by atoms with Gasteiger partial charge in [-0.15, -0.1) is 0 Å². The van der Waals surface area contributed by atoms with Crippen molar-refractivity contribution in [1.82, 2.24) is 24.8 Å². The van der Waals surface area contributed by atoms with E-state index in [0.717, 1.165) is 37.6 Å². The molecular formula is C19H22N6O2. The third-order valence-corrected chi connectivity index (χ3v) is 4.65. The first-order chi connectivity index (χ1) is 13.2. The van der Waals surface area contributed by atoms with Gasteiger partial charge in [-0.3, -0.25) is 9.69 Å². The second-order valence-corrected chi connectivity index (χ2v) is 6.67. The lowest BCUT2D eigenvalue weighted by atomic mass is 10.2. The first kappa shape index (κ1) is 17.4. The van der Waals surface area contributed by atoms with E-state index in [1.54, 1.807) is 12.1 Å². The summed E-state index contributed by atoms with van der Waals surface area (Å²) in [5.74, 6) is 2.14. The van der Waals surface area contributed by atoms with Gasteiger partial charge in [-0.1, -0.05) is 35.5 Å². The van der Waals surface area contributed by atoms with Crippen molar-refractivity contribution in [2.45, 2.75) is 20.0 Å². The second-order valence-electron chi connectivity index (χ2n) is 6.67. The van der Waals surface area contributed by atoms with Crippen LogP contribution in [0.4, 0.5) is 5.82 Å². The highest BCUT2D eigenvalue weighted by molar-refractivity contribution is 5.37. The minimum absolute atomic E-state index is 0.0898. The standard InChI is InChI=1S/C19H22N6O2/c1-15-20-18(27-22-15)14-23-9-11-24(12-10-23)17-7-8-19(26)25(21-17)13-16-5-3-2-4-6-16/h2-8H,9-14H2,1H3. The number of hydrogen-bond acceptors (Lipinski definition) is 7. The van der Waals surface area contributed by atoms with E-state index in [-0.39, 0.29) is 5.56 Å². The highest BCUT2D eigenvalue weighted by Gasteiger charge is 2.20. The molecule has 0 unspecified atom stereocenters. The number of benzene rings is 1. The van der Waals surface area contributed by atoms with E-state index in [2.05, 4.69) is 25.0 Å². The lowest BCUT2D eigenvalue weighted by Gasteiger charge is -2.34. The van der Waals surface area contributed by atoms with Gasteiger partial charge >= 0.3 is 0 Å². The van der Waals surface area contributed by atoms with Crippen LogP contribution in [0, 0.1) is 6.92 Å². The summed E-state index contributed by atoms with van der Waals surface area (Å²) in [5, 5.41) is 8.41. The third kappa shape index (κ3) is 4.22. The summed E-state index contributed by atoms with van der Waals surface area (Å²) < 4.78 is 6.72. The number of nitrogens with zero attached hydrogens (tertiary/aromatic N) is 6. The third-order valence-electron chi connectivity index (χ3n) is 4.65. The molecule has 0 spiro atoms. The summed E-state index contributed by atoms with van der Waals surface area (Å²) in [5.41, 5.74) is 0.969. The highest BCUT2D eigenvalue weighted by Crippen LogP contribution is 2.14. The van der Waals surface area contributed by atoms with E-state index in [1.807, 2.05) is 37.3 Å². The maximum Gasteiger partial charge on any atom is 0.267 e. The number of rotatable bonds is 5. The zero-order valence-corrected chi connectivity index (χ0v) is 15.3. The molecule has 1 aliphatic rings. The zero-order valence-electron chi connectivity index (χ0n) is 15.3. The smallest absolute Gasteiger partial charge is 0.267 e. The van der Waals surface area contributed by atoms with Crippen molar-refractivity contribution in [3.8, 4) is 0 Å². The van der Waals surface area contributed by atoms with Crippen LogP contribution in [-0.4, -0.2) is 51.0 Å². The van der Waals surface area contributed by atoms with Gasteiger partial charge in [0.25, 0.3) is 5.56 Å². The Morgan fingerprint density at radius 1 is 1.00 bits per heavy atom. The Bertz CT molecular complexity index is 944. The predicted molar refractivity (Wildman–Crippen MR) is 101 cm³/mol. The second kappa shape index (κ2) is 7.71. The van der Waals surface area contributed by atoms with Crippen LogP contribution in [-0.2, 0) is 13.1 Å². The van der Waals surface area contributed by atoms with E-state index in [9.17, 15) is 4.79 Å². The fourth-order valence-electron chi connectivity index (χ4n) is 3.21. The summed E-state index contributed by atoms with van der Waals surface area (Å²) >= 11 is 0. The number of hydrogen-bond donors (Lipinski definition) is 0. The fourth-order valence-corrected chi connectivity index (χ4v) is 3.21. The van der Waals surface area contributed by atoms with Crippen LogP contribution < -0.4 is 10.5 Å². The molecule has 4 rings (SSSR count). The van der Waals surface area contributed by atoms with Crippen molar-refractivity contribution < 1.29 is 4.52 Å². The van der Waals surface area contributed by atoms with Gasteiger partial charge in [-0.25, -0.2) is 4.68 Å². The molecule has 0 radical (unpaired) electrons. The van der Waals surface area contributed by atoms with Crippen LogP contribution in [0.15, 0.2) is 51.8 Å². The van der Waals surface area contributed by atoms with Crippen LogP contribution in [0.25, 0.3) is 0 Å². The van der Waals surface area contributed by atoms with Gasteiger partial charge in [0.1, 0.15) is 5.82 Å². The summed E-state index contributed by atoms with van der Waals surface area (Å²) in [6.45, 7) is 6.38. The molecule has 0 atom stereocenters. The Labute approximate surface area is 157 Å². The molecule has 1 aliphatic heterocycles. The summed E-state index contributed by atoms with van der Waals surface area (Å²) in [4.78, 5) is 20.9. The molecule has 1 aromatic carbocycles. The van der Waals surface area contributed by atoms with Crippen molar-refractivity contribution in [2.24, 2.45) is 0 Å². The minimum atomic E-state index is -0.0898. The van der Waals surface area contributed by atoms with Gasteiger partial charge < -0.3 is 9.42 Å². The molecule has 8 nitrogen and oxygen atoms in total. The van der Waals surface area contributed by atoms with Gasteiger partial charge in [0.15, 0.2) is 5.82 Å². The van der Waals surface area contributed by atoms with Crippen molar-refractivity contribution in [3.63, 3.8) is 0 Å². The van der Waals surface area contributed by atoms with E-state index >= 15 is 0 Å². The molecule has 0 saturated carbocycles. The maximum absolute atomic E-state index is 12.2. The first-order valence-electron chi connectivity index (χ1n) is 9.06. The molecule has 0 aliphatic carbocycles. The van der Waals surface area contributed by atoms with E-state index in [0.29, 0.717) is 24.8 Å². The van der Waals surface area contributed by atoms with Gasteiger partial charge in [0.05, 0.1) is 13.1 Å². The highest BCUT2D eigenvalue weighted by atomic mass is 16.5. The number of aromatic nitrogens is 4. The normalized spacial score (nSPS) is 15.2. The summed E-state index contributed by atoms with van der Waals surface area (Å²) in [7, 11) is 0. The van der Waals surface area contributed by atoms with Crippen molar-refractivity contribution >= 4 is 5.82 Å². The largest absolute Gasteiger partial charge is 0.353 e. The van der Waals surface area contributed by atoms with Crippen LogP contribution in [0.1, 0.15) is 17.3 Å². The van der Waals surface area contributed by atoms with Crippen molar-refractivity contribution in [2.75, 3.05) is 31.1 Å². The molecule has 0 N–H and O–H groups in total. The SMILES string of the molecule is Cc1noc(CN2CCN(c3ccc(=O)n(Cc4ccccc4)n3)CC2)n1. The summed E-state index contributed by atoms with van der Waals surface area (Å²) in [6.07, 6.45) is 0. The topological polar surface area (TPSA) is 80.3 Å². The predicted octanol–water partition coefficient (Wildman–Crippen LogP) is 1.31. The van der Waals surface area contributed by atoms with Gasteiger partial charge in [0.2, 0.25) is 5.89 Å². The Hall–Kier alpha value is -3.00. The van der Waals surface area contributed by atoms with Crippen LogP contribution >= 0.6 is 0 Å². The molecule has 1 fully saturated rings. The van der Waals surface area contributed by atoms with E-state index in [4.69, 9.17) is 4.52 Å². The molecule has 1 saturated heterocycles. The Kier molecular flexibility index (Phi) is 4.97. The molecule has 0 bridgehead atoms. The van der Waals surface area contributed by atoms with Gasteiger partial charge in [0, 0.05) is 32.2 Å². The van der Waals surface area contributed by atoms with Crippen molar-refractivity contribution in [3.05, 3.63) is 70.1 Å². The number of aryl methyl sites for hydroxylation is 1. The average Bonchev–Trinajstić information content (AvgIpc) is 3.10. The lowest BCUT2D eigenvalue weighted by Crippen LogP contribution is -2.46. The van der Waals surface area contributed by atoms with Crippen LogP contribution in [0.3, 0.4) is 0 Å².